The molecular weight excluding hydrogens is 562 g/mol. The highest BCUT2D eigenvalue weighted by Gasteiger charge is 2.37. The predicted molar refractivity (Wildman–Crippen MR) is 165 cm³/mol. The monoisotopic (exact) mass is 601 g/mol. The van der Waals surface area contributed by atoms with Gasteiger partial charge in [0.1, 0.15) is 0 Å². The van der Waals surface area contributed by atoms with Crippen molar-refractivity contribution in [1.82, 2.24) is 0 Å². The van der Waals surface area contributed by atoms with Crippen molar-refractivity contribution in [2.45, 2.75) is 91.4 Å². The Labute approximate surface area is 250 Å². The first kappa shape index (κ1) is 33.9. The van der Waals surface area contributed by atoms with E-state index in [2.05, 4.69) is 0 Å². The number of allylic oxidation sites excluding steroid dienone is 1. The van der Waals surface area contributed by atoms with Gasteiger partial charge in [-0.05, 0) is 64.1 Å². The minimum Gasteiger partial charge on any atom is -0.663 e. The van der Waals surface area contributed by atoms with Gasteiger partial charge < -0.3 is 5.32 Å². The zero-order chi connectivity index (χ0) is 32.3. The summed E-state index contributed by atoms with van der Waals surface area (Å²) in [4.78, 5) is 4.72. The molecule has 3 aromatic carbocycles. The Balaban J connectivity index is 2.34. The van der Waals surface area contributed by atoms with Crippen LogP contribution in [0, 0.1) is 0 Å². The lowest BCUT2D eigenvalue weighted by molar-refractivity contribution is -0.143. The van der Waals surface area contributed by atoms with E-state index in [-0.39, 0.29) is 40.9 Å². The van der Waals surface area contributed by atoms with Crippen LogP contribution >= 0.6 is 0 Å². The highest BCUT2D eigenvalue weighted by atomic mass is 19.4. The van der Waals surface area contributed by atoms with Gasteiger partial charge >= 0.3 is 12.4 Å². The molecular formula is C35H39F6N2-. The van der Waals surface area contributed by atoms with Crippen molar-refractivity contribution in [1.29, 1.82) is 0 Å². The molecule has 3 rings (SSSR count). The third-order valence-electron chi connectivity index (χ3n) is 7.27. The van der Waals surface area contributed by atoms with E-state index < -0.39 is 23.5 Å². The van der Waals surface area contributed by atoms with Gasteiger partial charge in [-0.15, -0.1) is 5.69 Å². The number of hydrogen-bond acceptors (Lipinski definition) is 1. The Morgan fingerprint density at radius 2 is 1.02 bits per heavy atom. The van der Waals surface area contributed by atoms with Crippen LogP contribution in [0.3, 0.4) is 0 Å². The average molecular weight is 602 g/mol. The van der Waals surface area contributed by atoms with Crippen LogP contribution in [0.4, 0.5) is 37.7 Å². The number of rotatable bonds is 9. The van der Waals surface area contributed by atoms with Crippen LogP contribution in [0.1, 0.15) is 118 Å². The minimum absolute atomic E-state index is 0.0260. The molecule has 0 unspecified atom stereocenters. The molecule has 0 N–H and O–H groups in total. The first-order valence-corrected chi connectivity index (χ1v) is 14.4. The summed E-state index contributed by atoms with van der Waals surface area (Å²) in [6.07, 6.45) is -7.31. The van der Waals surface area contributed by atoms with Gasteiger partial charge in [0, 0.05) is 6.21 Å². The fourth-order valence-electron chi connectivity index (χ4n) is 4.89. The van der Waals surface area contributed by atoms with Gasteiger partial charge in [0.05, 0.1) is 16.8 Å². The van der Waals surface area contributed by atoms with Crippen LogP contribution in [0.5, 0.6) is 0 Å². The quantitative estimate of drug-likeness (QED) is 0.172. The highest BCUT2D eigenvalue weighted by Crippen LogP contribution is 2.41. The van der Waals surface area contributed by atoms with E-state index >= 15 is 0 Å². The number of nitrogens with zero attached hydrogens (tertiary/aromatic N) is 2. The molecule has 3 aromatic rings. The van der Waals surface area contributed by atoms with Gasteiger partial charge in [-0.3, -0.25) is 4.99 Å². The molecule has 0 saturated carbocycles. The fourth-order valence-corrected chi connectivity index (χ4v) is 4.89. The summed E-state index contributed by atoms with van der Waals surface area (Å²) in [6.45, 7) is 16.0. The molecule has 232 valence electrons. The second-order valence-electron chi connectivity index (χ2n) is 12.0. The standard InChI is InChI=1S/C35H39F6N2/c1-20(2)28-11-9-12-29(21(3)4)32(28)42-18-25(19-43-33-30(22(5)6)13-10-14-31(33)23(7)8)24-15-26(34(36,37)38)17-27(16-24)35(39,40)41/h9-23H,1-8H3/q-1/b25-18-,43-19?. The molecule has 8 heteroatoms. The summed E-state index contributed by atoms with van der Waals surface area (Å²) in [6, 6.07) is 13.1. The van der Waals surface area contributed by atoms with Crippen molar-refractivity contribution in [2.75, 3.05) is 0 Å². The molecule has 43 heavy (non-hydrogen) atoms. The van der Waals surface area contributed by atoms with Crippen molar-refractivity contribution in [3.63, 3.8) is 0 Å². The largest absolute Gasteiger partial charge is 0.663 e. The molecule has 0 aliphatic carbocycles. The van der Waals surface area contributed by atoms with Crippen LogP contribution < -0.4 is 0 Å². The van der Waals surface area contributed by atoms with E-state index in [0.29, 0.717) is 11.4 Å². The number of para-hydroxylation sites is 2. The van der Waals surface area contributed by atoms with E-state index in [9.17, 15) is 26.3 Å². The molecule has 2 nitrogen and oxygen atoms in total. The summed E-state index contributed by atoms with van der Waals surface area (Å²) in [5, 5.41) is 4.72. The second-order valence-corrected chi connectivity index (χ2v) is 12.0. The van der Waals surface area contributed by atoms with Crippen molar-refractivity contribution >= 4 is 23.2 Å². The molecule has 0 saturated heterocycles. The third-order valence-corrected chi connectivity index (χ3v) is 7.27. The van der Waals surface area contributed by atoms with E-state index in [4.69, 9.17) is 10.3 Å². The smallest absolute Gasteiger partial charge is 0.416 e. The maximum Gasteiger partial charge on any atom is 0.416 e. The van der Waals surface area contributed by atoms with Gasteiger partial charge in [-0.25, -0.2) is 0 Å². The highest BCUT2D eigenvalue weighted by molar-refractivity contribution is 6.11. The lowest BCUT2D eigenvalue weighted by Gasteiger charge is -2.30. The number of alkyl halides is 6. The van der Waals surface area contributed by atoms with Crippen LogP contribution in [0.25, 0.3) is 10.9 Å². The zero-order valence-electron chi connectivity index (χ0n) is 25.8. The third kappa shape index (κ3) is 8.30. The Hall–Kier alpha value is -3.55. The summed E-state index contributed by atoms with van der Waals surface area (Å²) >= 11 is 0. The first-order chi connectivity index (χ1) is 19.9. The number of benzene rings is 3. The Morgan fingerprint density at radius 1 is 0.628 bits per heavy atom. The summed E-state index contributed by atoms with van der Waals surface area (Å²) in [7, 11) is 0. The SMILES string of the molecule is CC(C)c1cccc(C(C)C)c1N=C/C(=C/[N-]c1c(C(C)C)cccc1C(C)C)c1cc(C(F)(F)F)cc(C(F)(F)F)c1. The van der Waals surface area contributed by atoms with Crippen molar-refractivity contribution in [2.24, 2.45) is 4.99 Å². The predicted octanol–water partition coefficient (Wildman–Crippen LogP) is 12.7. The molecule has 0 bridgehead atoms. The van der Waals surface area contributed by atoms with E-state index in [1.165, 1.54) is 12.4 Å². The normalized spacial score (nSPS) is 13.3. The zero-order valence-corrected chi connectivity index (χ0v) is 25.8. The van der Waals surface area contributed by atoms with Crippen LogP contribution in [0.15, 0.2) is 65.8 Å². The molecule has 0 aliphatic heterocycles. The van der Waals surface area contributed by atoms with Crippen LogP contribution in [-0.4, -0.2) is 6.21 Å². The molecule has 0 radical (unpaired) electrons. The fraction of sp³-hybridized carbons (Fsp3) is 0.400. The van der Waals surface area contributed by atoms with E-state index in [1.54, 1.807) is 0 Å². The number of halogens is 6. The first-order valence-electron chi connectivity index (χ1n) is 14.4. The summed E-state index contributed by atoms with van der Waals surface area (Å²) < 4.78 is 82.9. The van der Waals surface area contributed by atoms with Gasteiger partial charge in [0.15, 0.2) is 0 Å². The Kier molecular flexibility index (Phi) is 10.6. The van der Waals surface area contributed by atoms with Gasteiger partial charge in [0.25, 0.3) is 0 Å². The van der Waals surface area contributed by atoms with Crippen LogP contribution in [0.2, 0.25) is 0 Å². The second kappa shape index (κ2) is 13.4. The van der Waals surface area contributed by atoms with E-state index in [0.717, 1.165) is 34.4 Å². The van der Waals surface area contributed by atoms with Crippen molar-refractivity contribution in [3.05, 3.63) is 105 Å². The van der Waals surface area contributed by atoms with Crippen molar-refractivity contribution < 1.29 is 26.3 Å². The van der Waals surface area contributed by atoms with Crippen LogP contribution in [-0.2, 0) is 12.4 Å². The topological polar surface area (TPSA) is 26.5 Å². The lowest BCUT2D eigenvalue weighted by Crippen LogP contribution is -2.11. The molecule has 0 amide bonds. The maximum atomic E-state index is 13.8. The molecule has 0 aliphatic rings. The number of hydrogen-bond donors (Lipinski definition) is 0. The maximum absolute atomic E-state index is 13.8. The van der Waals surface area contributed by atoms with Gasteiger partial charge in [-0.1, -0.05) is 103 Å². The van der Waals surface area contributed by atoms with E-state index in [1.807, 2.05) is 91.8 Å². The lowest BCUT2D eigenvalue weighted by atomic mass is 9.92. The average Bonchev–Trinajstić information content (AvgIpc) is 2.91. The van der Waals surface area contributed by atoms with Crippen molar-refractivity contribution in [3.8, 4) is 0 Å². The van der Waals surface area contributed by atoms with Gasteiger partial charge in [-0.2, -0.15) is 32.5 Å². The minimum atomic E-state index is -4.99. The Bertz CT molecular complexity index is 1390. The molecule has 0 aromatic heterocycles. The molecule has 0 atom stereocenters. The molecule has 0 fully saturated rings. The molecule has 0 spiro atoms. The Morgan fingerprint density at radius 3 is 1.40 bits per heavy atom. The number of aliphatic imine (C=N–C) groups is 1. The van der Waals surface area contributed by atoms with Gasteiger partial charge in [0.2, 0.25) is 0 Å². The molecule has 0 heterocycles. The summed E-state index contributed by atoms with van der Waals surface area (Å²) in [5.74, 6) is 0.333. The summed E-state index contributed by atoms with van der Waals surface area (Å²) in [5.41, 5.74) is 1.93.